The van der Waals surface area contributed by atoms with Crippen LogP contribution in [0.25, 0.3) is 0 Å². The van der Waals surface area contributed by atoms with Gasteiger partial charge in [-0.15, -0.1) is 0 Å². The Bertz CT molecular complexity index is 663. The van der Waals surface area contributed by atoms with Crippen LogP contribution in [-0.2, 0) is 16.4 Å². The van der Waals surface area contributed by atoms with Crippen LogP contribution in [0.15, 0.2) is 18.2 Å². The largest absolute Gasteiger partial charge is 0.395 e. The summed E-state index contributed by atoms with van der Waals surface area (Å²) in [6.07, 6.45) is 0. The number of sulfone groups is 1. The van der Waals surface area contributed by atoms with Crippen LogP contribution in [-0.4, -0.2) is 73.2 Å². The summed E-state index contributed by atoms with van der Waals surface area (Å²) in [4.78, 5) is 3.98. The van der Waals surface area contributed by atoms with Gasteiger partial charge >= 0.3 is 0 Å². The van der Waals surface area contributed by atoms with Gasteiger partial charge in [0.25, 0.3) is 0 Å². The highest BCUT2D eigenvalue weighted by atomic mass is 32.2. The van der Waals surface area contributed by atoms with E-state index in [1.807, 2.05) is 9.80 Å². The van der Waals surface area contributed by atoms with E-state index >= 15 is 0 Å². The second kappa shape index (κ2) is 6.43. The van der Waals surface area contributed by atoms with E-state index in [9.17, 15) is 17.2 Å². The number of aliphatic hydroxyl groups excluding tert-OH is 1. The smallest absolute Gasteiger partial charge is 0.153 e. The van der Waals surface area contributed by atoms with Crippen LogP contribution < -0.4 is 0 Å². The van der Waals surface area contributed by atoms with Gasteiger partial charge in [-0.05, 0) is 17.7 Å². The van der Waals surface area contributed by atoms with Crippen molar-refractivity contribution in [3.8, 4) is 0 Å². The molecule has 0 bridgehead atoms. The average Bonchev–Trinajstić information content (AvgIpc) is 2.76. The zero-order valence-electron chi connectivity index (χ0n) is 12.7. The van der Waals surface area contributed by atoms with E-state index < -0.39 is 21.5 Å². The first kappa shape index (κ1) is 16.8. The third kappa shape index (κ3) is 3.71. The minimum Gasteiger partial charge on any atom is -0.395 e. The quantitative estimate of drug-likeness (QED) is 0.846. The lowest BCUT2D eigenvalue weighted by Crippen LogP contribution is -2.59. The molecule has 0 unspecified atom stereocenters. The van der Waals surface area contributed by atoms with Gasteiger partial charge in [-0.1, -0.05) is 0 Å². The fourth-order valence-electron chi connectivity index (χ4n) is 3.64. The molecule has 0 aliphatic carbocycles. The van der Waals surface area contributed by atoms with Crippen LogP contribution in [0.3, 0.4) is 0 Å². The zero-order chi connectivity index (χ0) is 16.6. The fraction of sp³-hybridized carbons (Fsp3) is 0.600. The van der Waals surface area contributed by atoms with Gasteiger partial charge in [-0.25, -0.2) is 17.2 Å². The highest BCUT2D eigenvalue weighted by molar-refractivity contribution is 7.91. The highest BCUT2D eigenvalue weighted by Crippen LogP contribution is 2.28. The zero-order valence-corrected chi connectivity index (χ0v) is 13.5. The van der Waals surface area contributed by atoms with Crippen LogP contribution in [0.5, 0.6) is 0 Å². The van der Waals surface area contributed by atoms with Gasteiger partial charge in [0.2, 0.25) is 0 Å². The molecule has 0 spiro atoms. The van der Waals surface area contributed by atoms with Gasteiger partial charge < -0.3 is 5.11 Å². The molecule has 1 aromatic carbocycles. The Kier molecular flexibility index (Phi) is 4.68. The maximum absolute atomic E-state index is 13.3. The molecule has 3 rings (SSSR count). The summed E-state index contributed by atoms with van der Waals surface area (Å²) >= 11 is 0. The molecule has 2 saturated heterocycles. The monoisotopic (exact) mass is 346 g/mol. The number of halogens is 2. The first-order valence-electron chi connectivity index (χ1n) is 7.62. The molecule has 5 nitrogen and oxygen atoms in total. The van der Waals surface area contributed by atoms with Crippen molar-refractivity contribution < 1.29 is 22.3 Å². The van der Waals surface area contributed by atoms with Crippen molar-refractivity contribution in [2.75, 3.05) is 37.7 Å². The van der Waals surface area contributed by atoms with Crippen molar-refractivity contribution >= 4 is 9.84 Å². The average molecular weight is 346 g/mol. The molecule has 2 atom stereocenters. The summed E-state index contributed by atoms with van der Waals surface area (Å²) < 4.78 is 50.7. The van der Waals surface area contributed by atoms with Crippen LogP contribution >= 0.6 is 0 Å². The Morgan fingerprint density at radius 2 is 1.61 bits per heavy atom. The Balaban J connectivity index is 1.80. The van der Waals surface area contributed by atoms with Gasteiger partial charge in [0.15, 0.2) is 9.84 Å². The summed E-state index contributed by atoms with van der Waals surface area (Å²) in [6, 6.07) is 3.01. The second-order valence-corrected chi connectivity index (χ2v) is 8.37. The molecule has 8 heteroatoms. The molecule has 2 aliphatic rings. The van der Waals surface area contributed by atoms with Crippen molar-refractivity contribution in [3.05, 3.63) is 35.4 Å². The van der Waals surface area contributed by atoms with Gasteiger partial charge in [-0.3, -0.25) is 9.80 Å². The molecule has 1 N–H and O–H groups in total. The summed E-state index contributed by atoms with van der Waals surface area (Å²) in [5.74, 6) is -1.13. The molecule has 2 heterocycles. The van der Waals surface area contributed by atoms with E-state index in [-0.39, 0.29) is 30.2 Å². The summed E-state index contributed by atoms with van der Waals surface area (Å²) in [7, 11) is -3.13. The number of fused-ring (bicyclic) bond motifs is 1. The Hall–Kier alpha value is -1.09. The minimum atomic E-state index is -3.13. The number of β-amino-alcohol motifs (C(OH)–C–C–N with tert-alkyl or cyclic N) is 1. The number of piperazine rings is 1. The number of nitrogens with zero attached hydrogens (tertiary/aromatic N) is 2. The van der Waals surface area contributed by atoms with Crippen LogP contribution in [0, 0.1) is 11.6 Å². The molecule has 0 aromatic heterocycles. The van der Waals surface area contributed by atoms with E-state index in [0.717, 1.165) is 6.07 Å². The lowest BCUT2D eigenvalue weighted by atomic mass is 10.0. The minimum absolute atomic E-state index is 0.0155. The molecule has 0 amide bonds. The highest BCUT2D eigenvalue weighted by Gasteiger charge is 2.46. The fourth-order valence-corrected chi connectivity index (χ4v) is 5.68. The maximum atomic E-state index is 13.3. The van der Waals surface area contributed by atoms with Crippen molar-refractivity contribution in [1.82, 2.24) is 9.80 Å². The molecule has 128 valence electrons. The Morgan fingerprint density at radius 3 is 2.22 bits per heavy atom. The third-order valence-electron chi connectivity index (χ3n) is 4.60. The van der Waals surface area contributed by atoms with Crippen molar-refractivity contribution in [3.63, 3.8) is 0 Å². The lowest BCUT2D eigenvalue weighted by molar-refractivity contribution is 0.0307. The predicted molar refractivity (Wildman–Crippen MR) is 81.7 cm³/mol. The van der Waals surface area contributed by atoms with Crippen LogP contribution in [0.1, 0.15) is 5.56 Å². The predicted octanol–water partition coefficient (Wildman–Crippen LogP) is 0.240. The molecule has 2 fully saturated rings. The van der Waals surface area contributed by atoms with E-state index in [0.29, 0.717) is 31.7 Å². The maximum Gasteiger partial charge on any atom is 0.153 e. The van der Waals surface area contributed by atoms with Gasteiger partial charge in [-0.2, -0.15) is 0 Å². The van der Waals surface area contributed by atoms with Gasteiger partial charge in [0, 0.05) is 44.3 Å². The van der Waals surface area contributed by atoms with Crippen molar-refractivity contribution in [2.24, 2.45) is 0 Å². The first-order valence-corrected chi connectivity index (χ1v) is 9.44. The van der Waals surface area contributed by atoms with E-state index in [1.54, 1.807) is 0 Å². The molecular weight excluding hydrogens is 326 g/mol. The molecule has 1 aromatic rings. The van der Waals surface area contributed by atoms with Crippen molar-refractivity contribution in [2.45, 2.75) is 18.6 Å². The number of aliphatic hydroxyl groups is 1. The molecular formula is C15H20F2N2O3S. The second-order valence-electron chi connectivity index (χ2n) is 6.22. The number of hydrogen-bond acceptors (Lipinski definition) is 5. The van der Waals surface area contributed by atoms with E-state index in [4.69, 9.17) is 5.11 Å². The lowest BCUT2D eigenvalue weighted by Gasteiger charge is -2.43. The normalized spacial score (nSPS) is 28.0. The molecule has 23 heavy (non-hydrogen) atoms. The topological polar surface area (TPSA) is 60.9 Å². The molecule has 0 saturated carbocycles. The number of benzene rings is 1. The Labute approximate surface area is 134 Å². The standard InChI is InChI=1S/C15H20F2N2O3S/c16-12-5-11(6-13(17)7-12)8-19-2-1-18(3-4-20)14-9-23(21,22)10-15(14)19/h5-7,14-15,20H,1-4,8-10H2/t14-,15+/m0/s1. The Morgan fingerprint density at radius 1 is 1.04 bits per heavy atom. The van der Waals surface area contributed by atoms with E-state index in [2.05, 4.69) is 0 Å². The van der Waals surface area contributed by atoms with Gasteiger partial charge in [0.05, 0.1) is 18.1 Å². The molecule has 2 aliphatic heterocycles. The number of rotatable bonds is 4. The van der Waals surface area contributed by atoms with E-state index in [1.165, 1.54) is 12.1 Å². The summed E-state index contributed by atoms with van der Waals surface area (Å²) in [6.45, 7) is 1.99. The molecule has 0 radical (unpaired) electrons. The van der Waals surface area contributed by atoms with Crippen LogP contribution in [0.4, 0.5) is 8.78 Å². The van der Waals surface area contributed by atoms with Gasteiger partial charge in [0.1, 0.15) is 11.6 Å². The third-order valence-corrected chi connectivity index (χ3v) is 6.30. The van der Waals surface area contributed by atoms with Crippen LogP contribution in [0.2, 0.25) is 0 Å². The SMILES string of the molecule is O=S1(=O)C[C@@H]2[C@H](C1)N(CCO)CCN2Cc1cc(F)cc(F)c1. The number of hydrogen-bond donors (Lipinski definition) is 1. The summed E-state index contributed by atoms with van der Waals surface area (Å²) in [5.41, 5.74) is 0.501. The van der Waals surface area contributed by atoms with Crippen molar-refractivity contribution in [1.29, 1.82) is 0 Å². The first-order chi connectivity index (χ1) is 10.9. The summed E-state index contributed by atoms with van der Waals surface area (Å²) in [5, 5.41) is 9.14.